The molecule has 1 amide bonds. The molecule has 1 aromatic rings. The highest BCUT2D eigenvalue weighted by atomic mass is 16.2. The zero-order chi connectivity index (χ0) is 11.5. The van der Waals surface area contributed by atoms with Gasteiger partial charge in [-0.05, 0) is 19.0 Å². The first-order chi connectivity index (χ1) is 7.68. The van der Waals surface area contributed by atoms with Crippen molar-refractivity contribution in [3.63, 3.8) is 0 Å². The Balaban J connectivity index is 2.11. The van der Waals surface area contributed by atoms with Crippen LogP contribution in [-0.2, 0) is 0 Å². The van der Waals surface area contributed by atoms with Crippen LogP contribution >= 0.6 is 0 Å². The van der Waals surface area contributed by atoms with E-state index in [0.717, 1.165) is 19.5 Å². The lowest BCUT2D eigenvalue weighted by Crippen LogP contribution is -2.38. The third kappa shape index (κ3) is 2.14. The lowest BCUT2D eigenvalue weighted by Gasteiger charge is -2.23. The van der Waals surface area contributed by atoms with Crippen molar-refractivity contribution in [3.05, 3.63) is 34.2 Å². The Kier molecular flexibility index (Phi) is 3.05. The van der Waals surface area contributed by atoms with Crippen LogP contribution in [0.25, 0.3) is 0 Å². The van der Waals surface area contributed by atoms with Gasteiger partial charge in [-0.2, -0.15) is 0 Å². The molecule has 16 heavy (non-hydrogen) atoms. The van der Waals surface area contributed by atoms with Gasteiger partial charge in [0.2, 0.25) is 5.56 Å². The molecule has 1 aromatic heterocycles. The fourth-order valence-corrected chi connectivity index (χ4v) is 1.88. The summed E-state index contributed by atoms with van der Waals surface area (Å²) in [7, 11) is 1.80. The minimum Gasteiger partial charge on any atom is -0.337 e. The van der Waals surface area contributed by atoms with Crippen LogP contribution in [0, 0.1) is 0 Å². The largest absolute Gasteiger partial charge is 0.337 e. The Hall–Kier alpha value is -1.62. The second-order valence-corrected chi connectivity index (χ2v) is 4.00. The van der Waals surface area contributed by atoms with E-state index in [4.69, 9.17) is 0 Å². The Morgan fingerprint density at radius 1 is 1.50 bits per heavy atom. The fourth-order valence-electron chi connectivity index (χ4n) is 1.88. The molecule has 1 saturated heterocycles. The van der Waals surface area contributed by atoms with Crippen LogP contribution in [0.2, 0.25) is 0 Å². The van der Waals surface area contributed by atoms with Crippen molar-refractivity contribution in [2.75, 3.05) is 20.1 Å². The van der Waals surface area contributed by atoms with E-state index in [1.165, 1.54) is 12.3 Å². The first-order valence-electron chi connectivity index (χ1n) is 5.35. The number of carbonyl (C=O) groups is 1. The van der Waals surface area contributed by atoms with Gasteiger partial charge in [-0.15, -0.1) is 0 Å². The molecule has 1 unspecified atom stereocenters. The zero-order valence-electron chi connectivity index (χ0n) is 9.19. The maximum absolute atomic E-state index is 12.0. The number of aromatic nitrogens is 1. The molecule has 1 aliphatic heterocycles. The Bertz CT molecular complexity index is 415. The molecule has 1 aliphatic rings. The zero-order valence-corrected chi connectivity index (χ0v) is 9.19. The normalized spacial score (nSPS) is 19.7. The first kappa shape index (κ1) is 10.9. The maximum Gasteiger partial charge on any atom is 0.255 e. The highest BCUT2D eigenvalue weighted by molar-refractivity contribution is 5.93. The van der Waals surface area contributed by atoms with Gasteiger partial charge in [0.25, 0.3) is 5.91 Å². The summed E-state index contributed by atoms with van der Waals surface area (Å²) < 4.78 is 0. The maximum atomic E-state index is 12.0. The van der Waals surface area contributed by atoms with E-state index in [-0.39, 0.29) is 17.5 Å². The number of aromatic amines is 1. The molecule has 5 nitrogen and oxygen atoms in total. The highest BCUT2D eigenvalue weighted by Gasteiger charge is 2.23. The summed E-state index contributed by atoms with van der Waals surface area (Å²) in [5, 5.41) is 3.22. The van der Waals surface area contributed by atoms with Crippen molar-refractivity contribution < 1.29 is 4.79 Å². The van der Waals surface area contributed by atoms with E-state index in [1.54, 1.807) is 18.0 Å². The van der Waals surface area contributed by atoms with E-state index < -0.39 is 0 Å². The van der Waals surface area contributed by atoms with Crippen molar-refractivity contribution in [3.8, 4) is 0 Å². The fraction of sp³-hybridized carbons (Fsp3) is 0.455. The number of carbonyl (C=O) groups excluding carboxylic acids is 1. The van der Waals surface area contributed by atoms with Gasteiger partial charge >= 0.3 is 0 Å². The number of pyridine rings is 1. The monoisotopic (exact) mass is 221 g/mol. The molecule has 0 saturated carbocycles. The summed E-state index contributed by atoms with van der Waals surface area (Å²) in [6.07, 6.45) is 2.44. The van der Waals surface area contributed by atoms with Crippen LogP contribution in [0.5, 0.6) is 0 Å². The average Bonchev–Trinajstić information content (AvgIpc) is 2.81. The van der Waals surface area contributed by atoms with Gasteiger partial charge < -0.3 is 15.2 Å². The molecule has 0 spiro atoms. The average molecular weight is 221 g/mol. The molecule has 2 rings (SSSR count). The van der Waals surface area contributed by atoms with Crippen LogP contribution < -0.4 is 10.9 Å². The molecule has 2 N–H and O–H groups in total. The summed E-state index contributed by atoms with van der Waals surface area (Å²) in [5.74, 6) is -0.0510. The molecule has 1 atom stereocenters. The van der Waals surface area contributed by atoms with Crippen LogP contribution in [0.3, 0.4) is 0 Å². The summed E-state index contributed by atoms with van der Waals surface area (Å²) >= 11 is 0. The van der Waals surface area contributed by atoms with E-state index in [1.807, 2.05) is 0 Å². The lowest BCUT2D eigenvalue weighted by molar-refractivity contribution is 0.0743. The third-order valence-corrected chi connectivity index (χ3v) is 2.93. The quantitative estimate of drug-likeness (QED) is 0.727. The van der Waals surface area contributed by atoms with E-state index in [2.05, 4.69) is 10.3 Å². The molecule has 2 heterocycles. The van der Waals surface area contributed by atoms with E-state index in [0.29, 0.717) is 5.56 Å². The second kappa shape index (κ2) is 4.49. The molecule has 0 radical (unpaired) electrons. The number of nitrogens with zero attached hydrogens (tertiary/aromatic N) is 1. The Morgan fingerprint density at radius 3 is 2.88 bits per heavy atom. The van der Waals surface area contributed by atoms with Crippen molar-refractivity contribution in [2.24, 2.45) is 0 Å². The van der Waals surface area contributed by atoms with E-state index in [9.17, 15) is 9.59 Å². The van der Waals surface area contributed by atoms with Gasteiger partial charge in [0, 0.05) is 31.9 Å². The first-order valence-corrected chi connectivity index (χ1v) is 5.35. The number of hydrogen-bond acceptors (Lipinski definition) is 3. The minimum atomic E-state index is -0.193. The SMILES string of the molecule is CN(C(=O)c1ccc(=O)[nH]c1)C1CCNC1. The van der Waals surface area contributed by atoms with Crippen molar-refractivity contribution in [2.45, 2.75) is 12.5 Å². The molecule has 86 valence electrons. The van der Waals surface area contributed by atoms with Gasteiger partial charge in [-0.1, -0.05) is 0 Å². The predicted molar refractivity (Wildman–Crippen MR) is 60.4 cm³/mol. The molecule has 1 fully saturated rings. The lowest BCUT2D eigenvalue weighted by atomic mass is 10.2. The smallest absolute Gasteiger partial charge is 0.255 e. The van der Waals surface area contributed by atoms with Crippen molar-refractivity contribution >= 4 is 5.91 Å². The van der Waals surface area contributed by atoms with Crippen molar-refractivity contribution in [1.82, 2.24) is 15.2 Å². The molecular formula is C11H15N3O2. The Morgan fingerprint density at radius 2 is 2.31 bits per heavy atom. The third-order valence-electron chi connectivity index (χ3n) is 2.93. The molecule has 0 aliphatic carbocycles. The topological polar surface area (TPSA) is 65.2 Å². The van der Waals surface area contributed by atoms with Crippen LogP contribution in [0.1, 0.15) is 16.8 Å². The van der Waals surface area contributed by atoms with Crippen LogP contribution in [0.4, 0.5) is 0 Å². The standard InChI is InChI=1S/C11H15N3O2/c1-14(9-4-5-12-7-9)11(16)8-2-3-10(15)13-6-8/h2-3,6,9,12H,4-5,7H2,1H3,(H,13,15). The highest BCUT2D eigenvalue weighted by Crippen LogP contribution is 2.09. The second-order valence-electron chi connectivity index (χ2n) is 4.00. The van der Waals surface area contributed by atoms with Gasteiger partial charge in [-0.3, -0.25) is 9.59 Å². The molecule has 0 aromatic carbocycles. The van der Waals surface area contributed by atoms with Gasteiger partial charge in [0.05, 0.1) is 5.56 Å². The molecule has 0 bridgehead atoms. The molecule has 5 heteroatoms. The van der Waals surface area contributed by atoms with Crippen LogP contribution in [0.15, 0.2) is 23.1 Å². The van der Waals surface area contributed by atoms with Crippen LogP contribution in [-0.4, -0.2) is 42.0 Å². The number of H-pyrrole nitrogens is 1. The van der Waals surface area contributed by atoms with Gasteiger partial charge in [0.1, 0.15) is 0 Å². The minimum absolute atomic E-state index is 0.0510. The van der Waals surface area contributed by atoms with Gasteiger partial charge in [-0.25, -0.2) is 0 Å². The number of likely N-dealkylation sites (N-methyl/N-ethyl adjacent to an activating group) is 1. The summed E-state index contributed by atoms with van der Waals surface area (Å²) in [5.41, 5.74) is 0.329. The summed E-state index contributed by atoms with van der Waals surface area (Å²) in [6.45, 7) is 1.79. The van der Waals surface area contributed by atoms with E-state index >= 15 is 0 Å². The summed E-state index contributed by atoms with van der Waals surface area (Å²) in [4.78, 5) is 27.1. The van der Waals surface area contributed by atoms with Gasteiger partial charge in [0.15, 0.2) is 0 Å². The summed E-state index contributed by atoms with van der Waals surface area (Å²) in [6, 6.07) is 3.17. The number of nitrogens with one attached hydrogen (secondary N) is 2. The van der Waals surface area contributed by atoms with Crippen molar-refractivity contribution in [1.29, 1.82) is 0 Å². The number of amides is 1. The Labute approximate surface area is 93.5 Å². The number of rotatable bonds is 2. The molecular weight excluding hydrogens is 206 g/mol. The predicted octanol–water partition coefficient (Wildman–Crippen LogP) is -0.191. The number of hydrogen-bond donors (Lipinski definition) is 2.